The molecule has 3 heterocycles. The zero-order valence-corrected chi connectivity index (χ0v) is 18.9. The second-order valence-electron chi connectivity index (χ2n) is 8.82. The van der Waals surface area contributed by atoms with E-state index in [0.717, 1.165) is 5.56 Å². The van der Waals surface area contributed by atoms with E-state index in [2.05, 4.69) is 15.0 Å². The molecule has 2 aliphatic heterocycles. The Bertz CT molecular complexity index is 1070. The second-order valence-corrected chi connectivity index (χ2v) is 12.0. The van der Waals surface area contributed by atoms with Gasteiger partial charge in [0.2, 0.25) is 0 Å². The molecule has 0 bridgehead atoms. The van der Waals surface area contributed by atoms with Gasteiger partial charge in [-0.15, -0.1) is 0 Å². The number of halogens is 1. The molecule has 0 radical (unpaired) electrons. The van der Waals surface area contributed by atoms with Gasteiger partial charge in [0.05, 0.1) is 10.00 Å². The molecular formula is C22H28FN5O2S. The van der Waals surface area contributed by atoms with Crippen molar-refractivity contribution in [2.45, 2.75) is 49.7 Å². The van der Waals surface area contributed by atoms with Crippen molar-refractivity contribution < 1.29 is 13.7 Å². The second kappa shape index (κ2) is 7.29. The molecule has 2 aromatic rings. The van der Waals surface area contributed by atoms with Crippen molar-refractivity contribution >= 4 is 27.9 Å². The third-order valence-corrected chi connectivity index (χ3v) is 10.4. The number of hydrogen-bond donors (Lipinski definition) is 4. The highest BCUT2D eigenvalue weighted by Crippen LogP contribution is 2.67. The van der Waals surface area contributed by atoms with Crippen molar-refractivity contribution in [2.24, 2.45) is 10.7 Å². The van der Waals surface area contributed by atoms with Crippen LogP contribution >= 0.6 is 10.5 Å². The predicted octanol–water partition coefficient (Wildman–Crippen LogP) is 3.70. The lowest BCUT2D eigenvalue weighted by Crippen LogP contribution is -2.57. The zero-order chi connectivity index (χ0) is 22.6. The van der Waals surface area contributed by atoms with Gasteiger partial charge in [0.1, 0.15) is 22.9 Å². The van der Waals surface area contributed by atoms with E-state index < -0.39 is 26.6 Å². The van der Waals surface area contributed by atoms with Gasteiger partial charge >= 0.3 is 0 Å². The molecule has 1 amide bonds. The number of hydrogen-bond acceptors (Lipinski definition) is 6. The van der Waals surface area contributed by atoms with Gasteiger partial charge < -0.3 is 15.6 Å². The number of fused-ring (bicyclic) bond motifs is 1. The van der Waals surface area contributed by atoms with Crippen molar-refractivity contribution in [1.82, 2.24) is 9.71 Å². The molecule has 1 aromatic carbocycles. The molecule has 31 heavy (non-hydrogen) atoms. The van der Waals surface area contributed by atoms with Crippen molar-refractivity contribution in [1.29, 1.82) is 0 Å². The quantitative estimate of drug-likeness (QED) is 0.575. The minimum atomic E-state index is -2.40. The molecule has 1 fully saturated rings. The maximum absolute atomic E-state index is 15.1. The number of aryl methyl sites for hydroxylation is 1. The van der Waals surface area contributed by atoms with Crippen molar-refractivity contribution in [3.63, 3.8) is 0 Å². The summed E-state index contributed by atoms with van der Waals surface area (Å²) in [4.78, 5) is 21.4. The van der Waals surface area contributed by atoms with E-state index in [-0.39, 0.29) is 22.7 Å². The Labute approximate surface area is 183 Å². The largest absolute Gasteiger partial charge is 0.386 e. The number of rotatable bonds is 3. The monoisotopic (exact) mass is 445 g/mol. The number of pyridine rings is 1. The molecule has 1 unspecified atom stereocenters. The summed E-state index contributed by atoms with van der Waals surface area (Å²) in [6, 6.07) is 7.82. The van der Waals surface area contributed by atoms with Crippen LogP contribution in [0.2, 0.25) is 0 Å². The number of nitrogens with two attached hydrogens (primary N) is 1. The summed E-state index contributed by atoms with van der Waals surface area (Å²) in [5, 5.41) is 2.46. The Morgan fingerprint density at radius 3 is 2.74 bits per heavy atom. The molecule has 9 heteroatoms. The highest BCUT2D eigenvalue weighted by molar-refractivity contribution is 8.29. The zero-order valence-electron chi connectivity index (χ0n) is 18.1. The number of nitrogens with zero attached hydrogens (tertiary/aromatic N) is 2. The maximum atomic E-state index is 15.1. The number of aliphatic imine (C=N–C) groups is 1. The molecule has 0 spiro atoms. The van der Waals surface area contributed by atoms with E-state index >= 15 is 4.39 Å². The van der Waals surface area contributed by atoms with Crippen LogP contribution in [-0.4, -0.2) is 37.8 Å². The number of nitrogens with one attached hydrogen (secondary N) is 2. The molecule has 1 aromatic heterocycles. The lowest BCUT2D eigenvalue weighted by molar-refractivity contribution is 0.102. The number of amidine groups is 1. The normalized spacial score (nSPS) is 31.3. The Kier molecular flexibility index (Phi) is 5.11. The van der Waals surface area contributed by atoms with Crippen molar-refractivity contribution in [2.75, 3.05) is 11.9 Å². The highest BCUT2D eigenvalue weighted by Gasteiger charge is 2.60. The topological polar surface area (TPSA) is 113 Å². The van der Waals surface area contributed by atoms with Crippen LogP contribution in [-0.2, 0) is 5.54 Å². The summed E-state index contributed by atoms with van der Waals surface area (Å²) in [6.07, 6.45) is 2.26. The molecule has 4 rings (SSSR count). The van der Waals surface area contributed by atoms with E-state index in [1.165, 1.54) is 12.1 Å². The molecule has 0 saturated carbocycles. The van der Waals surface area contributed by atoms with Gasteiger partial charge in [0.25, 0.3) is 5.91 Å². The first-order valence-electron chi connectivity index (χ1n) is 10.2. The van der Waals surface area contributed by atoms with Gasteiger partial charge in [0, 0.05) is 24.0 Å². The minimum Gasteiger partial charge on any atom is -0.386 e. The Morgan fingerprint density at radius 1 is 1.32 bits per heavy atom. The SMILES string of the molecule is Cc1ccc(C(=O)Nc2ccc(F)c([C@@]3(C)N=C(N)C(C)(C)S4(O)NCC[C@@H]34)c2)nc1. The average Bonchev–Trinajstić information content (AvgIpc) is 3.13. The van der Waals surface area contributed by atoms with Gasteiger partial charge in [0.15, 0.2) is 0 Å². The predicted molar refractivity (Wildman–Crippen MR) is 123 cm³/mol. The van der Waals surface area contributed by atoms with Gasteiger partial charge in [-0.1, -0.05) is 16.6 Å². The molecular weight excluding hydrogens is 417 g/mol. The van der Waals surface area contributed by atoms with Gasteiger partial charge in [-0.25, -0.2) is 4.39 Å². The average molecular weight is 446 g/mol. The summed E-state index contributed by atoms with van der Waals surface area (Å²) < 4.78 is 29.2. The standard InChI is InChI=1S/C22H28FN5O2S/c1-13-5-8-17(25-12-13)19(29)27-14-6-7-16(23)15(11-14)22(4)18-9-10-26-31(18,30)21(2,3)20(24)28-22/h5-8,11-12,18,26,30H,9-10H2,1-4H3,(H2,24,28)(H,27,29)/t18-,22+/m0/s1. The van der Waals surface area contributed by atoms with Crippen LogP contribution in [0, 0.1) is 12.7 Å². The van der Waals surface area contributed by atoms with Crippen LogP contribution in [0.3, 0.4) is 0 Å². The van der Waals surface area contributed by atoms with Crippen LogP contribution in [0.1, 0.15) is 48.8 Å². The molecule has 0 aliphatic carbocycles. The molecule has 166 valence electrons. The first kappa shape index (κ1) is 21.7. The Balaban J connectivity index is 1.74. The van der Waals surface area contributed by atoms with Crippen LogP contribution in [0.4, 0.5) is 10.1 Å². The van der Waals surface area contributed by atoms with Crippen molar-refractivity contribution in [3.05, 3.63) is 59.2 Å². The number of benzene rings is 1. The third kappa shape index (κ3) is 3.31. The van der Waals surface area contributed by atoms with E-state index in [0.29, 0.717) is 24.2 Å². The summed E-state index contributed by atoms with van der Waals surface area (Å²) in [5.41, 5.74) is 7.16. The minimum absolute atomic E-state index is 0.267. The van der Waals surface area contributed by atoms with Gasteiger partial charge in [-0.2, -0.15) is 0 Å². The molecule has 1 saturated heterocycles. The number of aromatic nitrogens is 1. The van der Waals surface area contributed by atoms with Crippen LogP contribution in [0.25, 0.3) is 0 Å². The lowest BCUT2D eigenvalue weighted by Gasteiger charge is -2.56. The summed E-state index contributed by atoms with van der Waals surface area (Å²) in [5.74, 6) is -0.560. The number of amides is 1. The van der Waals surface area contributed by atoms with Crippen LogP contribution < -0.4 is 15.8 Å². The fourth-order valence-corrected chi connectivity index (χ4v) is 7.77. The van der Waals surface area contributed by atoms with Gasteiger partial charge in [-0.05, 0) is 63.9 Å². The number of carbonyl (C=O) groups is 1. The van der Waals surface area contributed by atoms with E-state index in [1.807, 2.05) is 20.8 Å². The molecule has 7 nitrogen and oxygen atoms in total. The van der Waals surface area contributed by atoms with Crippen molar-refractivity contribution in [3.8, 4) is 0 Å². The molecule has 5 N–H and O–H groups in total. The first-order chi connectivity index (χ1) is 14.5. The van der Waals surface area contributed by atoms with E-state index in [4.69, 9.17) is 10.7 Å². The maximum Gasteiger partial charge on any atom is 0.274 e. The summed E-state index contributed by atoms with van der Waals surface area (Å²) in [7, 11) is -2.40. The molecule has 3 atom stereocenters. The fraction of sp³-hybridized carbons (Fsp3) is 0.409. The Hall–Kier alpha value is -2.49. The van der Waals surface area contributed by atoms with E-state index in [1.54, 1.807) is 31.3 Å². The van der Waals surface area contributed by atoms with E-state index in [9.17, 15) is 9.35 Å². The van der Waals surface area contributed by atoms with Gasteiger partial charge in [-0.3, -0.25) is 19.5 Å². The summed E-state index contributed by atoms with van der Waals surface area (Å²) >= 11 is 0. The fourth-order valence-electron chi connectivity index (χ4n) is 4.40. The number of anilines is 1. The Morgan fingerprint density at radius 2 is 2.06 bits per heavy atom. The third-order valence-electron chi connectivity index (χ3n) is 6.43. The smallest absolute Gasteiger partial charge is 0.274 e. The van der Waals surface area contributed by atoms with Crippen LogP contribution in [0.5, 0.6) is 0 Å². The van der Waals surface area contributed by atoms with Crippen LogP contribution in [0.15, 0.2) is 41.5 Å². The number of carbonyl (C=O) groups excluding carboxylic acids is 1. The summed E-state index contributed by atoms with van der Waals surface area (Å²) in [6.45, 7) is 8.04. The highest BCUT2D eigenvalue weighted by atomic mass is 32.3. The lowest BCUT2D eigenvalue weighted by atomic mass is 9.85. The first-order valence-corrected chi connectivity index (χ1v) is 11.8. The molecule has 2 aliphatic rings.